The molecule has 0 fully saturated rings. The third-order valence-corrected chi connectivity index (χ3v) is 7.13. The summed E-state index contributed by atoms with van der Waals surface area (Å²) in [4.78, 5) is 26.6. The number of imide groups is 1. The van der Waals surface area contributed by atoms with Gasteiger partial charge in [0.15, 0.2) is 6.61 Å². The van der Waals surface area contributed by atoms with E-state index in [0.717, 1.165) is 44.0 Å². The Balaban J connectivity index is 1.19. The summed E-state index contributed by atoms with van der Waals surface area (Å²) in [5.74, 6) is 1.21. The molecule has 0 aliphatic heterocycles. The number of hydrogen-bond donors (Lipinski definition) is 1. The summed E-state index contributed by atoms with van der Waals surface area (Å²) in [5.41, 5.74) is 12.0. The van der Waals surface area contributed by atoms with Crippen LogP contribution in [0, 0.1) is 0 Å². The molecule has 0 radical (unpaired) electrons. The molecule has 0 saturated heterocycles. The lowest BCUT2D eigenvalue weighted by molar-refractivity contribution is -0.131. The number of carbonyl (C=O) groups is 2. The van der Waals surface area contributed by atoms with Crippen molar-refractivity contribution in [2.24, 2.45) is 5.73 Å². The number of fused-ring (bicyclic) bond motifs is 3. The highest BCUT2D eigenvalue weighted by molar-refractivity contribution is 5.92. The summed E-state index contributed by atoms with van der Waals surface area (Å²) in [5, 5.41) is 0. The first-order valence-electron chi connectivity index (χ1n) is 14.0. The predicted molar refractivity (Wildman–Crippen MR) is 161 cm³/mol. The van der Waals surface area contributed by atoms with E-state index in [0.29, 0.717) is 24.7 Å². The van der Waals surface area contributed by atoms with Gasteiger partial charge in [0.05, 0.1) is 19.9 Å². The molecule has 4 aromatic rings. The first kappa shape index (κ1) is 28.7. The molecule has 216 valence electrons. The zero-order valence-corrected chi connectivity index (χ0v) is 23.7. The van der Waals surface area contributed by atoms with Crippen molar-refractivity contribution in [2.75, 3.05) is 33.1 Å². The van der Waals surface area contributed by atoms with Crippen LogP contribution in [-0.2, 0) is 9.53 Å². The zero-order valence-electron chi connectivity index (χ0n) is 23.7. The Kier molecular flexibility index (Phi) is 9.04. The summed E-state index contributed by atoms with van der Waals surface area (Å²) in [6.45, 7) is 4.35. The summed E-state index contributed by atoms with van der Waals surface area (Å²) in [6.07, 6.45) is -0.803. The van der Waals surface area contributed by atoms with Crippen molar-refractivity contribution < 1.29 is 28.5 Å². The van der Waals surface area contributed by atoms with Crippen molar-refractivity contribution in [3.63, 3.8) is 0 Å². The average molecular weight is 567 g/mol. The van der Waals surface area contributed by atoms with Crippen molar-refractivity contribution in [3.8, 4) is 39.5 Å². The minimum absolute atomic E-state index is 0.0915. The van der Waals surface area contributed by atoms with Gasteiger partial charge in [-0.1, -0.05) is 60.7 Å². The second kappa shape index (κ2) is 13.2. The normalized spacial score (nSPS) is 11.8. The number of rotatable bonds is 11. The Morgan fingerprint density at radius 3 is 1.98 bits per heavy atom. The third-order valence-electron chi connectivity index (χ3n) is 7.13. The van der Waals surface area contributed by atoms with Crippen LogP contribution in [0.25, 0.3) is 22.3 Å². The van der Waals surface area contributed by atoms with Crippen LogP contribution in [0.1, 0.15) is 30.9 Å². The lowest BCUT2D eigenvalue weighted by Gasteiger charge is -2.20. The second-order valence-electron chi connectivity index (χ2n) is 9.65. The minimum atomic E-state index is -0.803. The summed E-state index contributed by atoms with van der Waals surface area (Å²) >= 11 is 0. The lowest BCUT2D eigenvalue weighted by Crippen LogP contribution is -2.44. The van der Waals surface area contributed by atoms with Gasteiger partial charge in [0.2, 0.25) is 0 Å². The van der Waals surface area contributed by atoms with E-state index in [-0.39, 0.29) is 25.8 Å². The largest absolute Gasteiger partial charge is 0.494 e. The standard InChI is InChI=1S/C34H34N2O6/c1-3-39-25-17-18-26(32(19-25)40-4-2)23-13-15-24(16-14-23)41-21-33(37)36(22-35)34(38)42-20-31-29-11-7-5-9-27(29)28-10-6-8-12-30(28)31/h5-19,31H,3-4,20-22,35H2,1-2H3. The van der Waals surface area contributed by atoms with E-state index in [9.17, 15) is 9.59 Å². The van der Waals surface area contributed by atoms with Gasteiger partial charge < -0.3 is 24.7 Å². The van der Waals surface area contributed by atoms with E-state index >= 15 is 0 Å². The number of benzene rings is 4. The van der Waals surface area contributed by atoms with Gasteiger partial charge in [0.1, 0.15) is 23.9 Å². The SMILES string of the molecule is CCOc1ccc(-c2ccc(OCC(=O)N(CN)C(=O)OCC3c4ccccc4-c4ccccc43)cc2)c(OCC)c1. The van der Waals surface area contributed by atoms with E-state index in [2.05, 4.69) is 12.1 Å². The average Bonchev–Trinajstić information content (AvgIpc) is 3.34. The molecule has 0 unspecified atom stereocenters. The highest BCUT2D eigenvalue weighted by atomic mass is 16.6. The Labute approximate surface area is 245 Å². The molecule has 0 spiro atoms. The Hall–Kier alpha value is -4.82. The molecule has 4 aromatic carbocycles. The van der Waals surface area contributed by atoms with Crippen LogP contribution >= 0.6 is 0 Å². The lowest BCUT2D eigenvalue weighted by atomic mass is 9.98. The number of nitrogens with two attached hydrogens (primary N) is 1. The molecule has 2 amide bonds. The maximum Gasteiger partial charge on any atom is 0.417 e. The molecule has 0 atom stereocenters. The van der Waals surface area contributed by atoms with Crippen LogP contribution in [0.5, 0.6) is 17.2 Å². The second-order valence-corrected chi connectivity index (χ2v) is 9.65. The summed E-state index contributed by atoms with van der Waals surface area (Å²) in [6, 6.07) is 29.1. The van der Waals surface area contributed by atoms with Gasteiger partial charge in [-0.3, -0.25) is 4.79 Å². The van der Waals surface area contributed by atoms with E-state index < -0.39 is 12.0 Å². The maximum atomic E-state index is 12.9. The molecular formula is C34H34N2O6. The van der Waals surface area contributed by atoms with Gasteiger partial charge in [-0.2, -0.15) is 0 Å². The van der Waals surface area contributed by atoms with E-state index in [1.807, 2.05) is 80.6 Å². The minimum Gasteiger partial charge on any atom is -0.494 e. The molecule has 1 aliphatic rings. The first-order valence-corrected chi connectivity index (χ1v) is 14.0. The highest BCUT2D eigenvalue weighted by Crippen LogP contribution is 2.44. The van der Waals surface area contributed by atoms with Crippen molar-refractivity contribution in [1.82, 2.24) is 4.90 Å². The van der Waals surface area contributed by atoms with E-state index in [1.54, 1.807) is 12.1 Å². The molecule has 8 nitrogen and oxygen atoms in total. The van der Waals surface area contributed by atoms with E-state index in [1.165, 1.54) is 0 Å². The van der Waals surface area contributed by atoms with Crippen LogP contribution in [0.15, 0.2) is 91.0 Å². The molecule has 1 aliphatic carbocycles. The fourth-order valence-electron chi connectivity index (χ4n) is 5.18. The van der Waals surface area contributed by atoms with Crippen LogP contribution in [-0.4, -0.2) is 50.0 Å². The zero-order chi connectivity index (χ0) is 29.5. The van der Waals surface area contributed by atoms with Gasteiger partial charge in [0.25, 0.3) is 5.91 Å². The Morgan fingerprint density at radius 2 is 1.36 bits per heavy atom. The van der Waals surface area contributed by atoms with Crippen LogP contribution < -0.4 is 19.9 Å². The Bertz CT molecular complexity index is 1510. The number of nitrogens with zero attached hydrogens (tertiary/aromatic N) is 1. The van der Waals surface area contributed by atoms with Crippen molar-refractivity contribution >= 4 is 12.0 Å². The van der Waals surface area contributed by atoms with Crippen molar-refractivity contribution in [1.29, 1.82) is 0 Å². The van der Waals surface area contributed by atoms with Crippen LogP contribution in [0.2, 0.25) is 0 Å². The number of amides is 2. The molecule has 0 saturated carbocycles. The fourth-order valence-corrected chi connectivity index (χ4v) is 5.18. The summed E-state index contributed by atoms with van der Waals surface area (Å²) in [7, 11) is 0. The fraction of sp³-hybridized carbons (Fsp3) is 0.235. The third kappa shape index (κ3) is 6.09. The Morgan fingerprint density at radius 1 is 0.738 bits per heavy atom. The first-order chi connectivity index (χ1) is 20.5. The quantitative estimate of drug-likeness (QED) is 0.215. The molecule has 0 aromatic heterocycles. The molecule has 5 rings (SSSR count). The molecule has 2 N–H and O–H groups in total. The van der Waals surface area contributed by atoms with E-state index in [4.69, 9.17) is 24.7 Å². The monoisotopic (exact) mass is 566 g/mol. The molecule has 0 bridgehead atoms. The van der Waals surface area contributed by atoms with Crippen molar-refractivity contribution in [2.45, 2.75) is 19.8 Å². The number of carbonyl (C=O) groups excluding carboxylic acids is 2. The number of ether oxygens (including phenoxy) is 4. The molecule has 0 heterocycles. The molecular weight excluding hydrogens is 532 g/mol. The number of hydrogen-bond acceptors (Lipinski definition) is 7. The summed E-state index contributed by atoms with van der Waals surface area (Å²) < 4.78 is 22.7. The van der Waals surface area contributed by atoms with Crippen LogP contribution in [0.4, 0.5) is 4.79 Å². The predicted octanol–water partition coefficient (Wildman–Crippen LogP) is 6.22. The van der Waals surface area contributed by atoms with Crippen LogP contribution in [0.3, 0.4) is 0 Å². The van der Waals surface area contributed by atoms with Gasteiger partial charge in [-0.15, -0.1) is 0 Å². The van der Waals surface area contributed by atoms with Gasteiger partial charge >= 0.3 is 6.09 Å². The van der Waals surface area contributed by atoms with Gasteiger partial charge in [-0.05, 0) is 65.9 Å². The van der Waals surface area contributed by atoms with Gasteiger partial charge in [-0.25, -0.2) is 9.69 Å². The smallest absolute Gasteiger partial charge is 0.417 e. The maximum absolute atomic E-state index is 12.9. The highest BCUT2D eigenvalue weighted by Gasteiger charge is 2.30. The van der Waals surface area contributed by atoms with Crippen molar-refractivity contribution in [3.05, 3.63) is 102 Å². The molecule has 42 heavy (non-hydrogen) atoms. The molecule has 8 heteroatoms. The van der Waals surface area contributed by atoms with Gasteiger partial charge in [0, 0.05) is 17.5 Å². The topological polar surface area (TPSA) is 100 Å².